The first-order chi connectivity index (χ1) is 14.4. The summed E-state index contributed by atoms with van der Waals surface area (Å²) in [5, 5.41) is 3.62. The molecule has 4 rings (SSSR count). The molecule has 2 aromatic heterocycles. The molecule has 1 fully saturated rings. The van der Waals surface area contributed by atoms with Gasteiger partial charge in [0, 0.05) is 61.5 Å². The van der Waals surface area contributed by atoms with E-state index in [-0.39, 0.29) is 37.7 Å². The topological polar surface area (TPSA) is 67.2 Å². The van der Waals surface area contributed by atoms with Gasteiger partial charge in [0.2, 0.25) is 5.91 Å². The van der Waals surface area contributed by atoms with Crippen LogP contribution in [0.3, 0.4) is 0 Å². The maximum atomic E-state index is 13.4. The van der Waals surface area contributed by atoms with Crippen molar-refractivity contribution in [2.45, 2.75) is 38.5 Å². The molecule has 8 heteroatoms. The quantitative estimate of drug-likeness (QED) is 0.831. The average molecular weight is 414 g/mol. The number of nitrogens with one attached hydrogen (secondary N) is 1. The van der Waals surface area contributed by atoms with Gasteiger partial charge >= 0.3 is 0 Å². The van der Waals surface area contributed by atoms with E-state index in [0.29, 0.717) is 24.9 Å². The largest absolute Gasteiger partial charge is 0.353 e. The van der Waals surface area contributed by atoms with E-state index in [4.69, 9.17) is 0 Å². The highest BCUT2D eigenvalue weighted by molar-refractivity contribution is 5.98. The summed E-state index contributed by atoms with van der Waals surface area (Å²) in [6.07, 6.45) is 7.90. The molecular weight excluding hydrogens is 390 g/mol. The zero-order valence-electron chi connectivity index (χ0n) is 16.8. The van der Waals surface area contributed by atoms with Crippen LogP contribution in [0.5, 0.6) is 0 Å². The lowest BCUT2D eigenvalue weighted by molar-refractivity contribution is -0.117. The van der Waals surface area contributed by atoms with Crippen LogP contribution < -0.4 is 5.32 Å². The summed E-state index contributed by atoms with van der Waals surface area (Å²) >= 11 is 0. The van der Waals surface area contributed by atoms with Gasteiger partial charge in [-0.3, -0.25) is 9.59 Å². The number of piperidine rings is 1. The number of hydrogen-bond donors (Lipinski definition) is 1. The Labute approximate surface area is 173 Å². The first-order valence-corrected chi connectivity index (χ1v) is 10.2. The predicted molar refractivity (Wildman–Crippen MR) is 110 cm³/mol. The summed E-state index contributed by atoms with van der Waals surface area (Å²) in [4.78, 5) is 30.6. The van der Waals surface area contributed by atoms with Gasteiger partial charge in [0.25, 0.3) is 11.8 Å². The Bertz CT molecular complexity index is 1040. The zero-order valence-corrected chi connectivity index (χ0v) is 16.8. The summed E-state index contributed by atoms with van der Waals surface area (Å²) in [6.45, 7) is 2.59. The third kappa shape index (κ3) is 3.99. The minimum absolute atomic E-state index is 0.0399. The van der Waals surface area contributed by atoms with Gasteiger partial charge < -0.3 is 14.8 Å². The van der Waals surface area contributed by atoms with Crippen LogP contribution in [0.1, 0.15) is 43.0 Å². The molecule has 0 bridgehead atoms. The number of alkyl halides is 2. The molecule has 2 aliphatic rings. The van der Waals surface area contributed by atoms with Crippen molar-refractivity contribution >= 4 is 28.5 Å². The molecule has 0 saturated carbocycles. The van der Waals surface area contributed by atoms with Crippen LogP contribution >= 0.6 is 0 Å². The normalized spacial score (nSPS) is 18.7. The van der Waals surface area contributed by atoms with Crippen LogP contribution in [0.15, 0.2) is 42.3 Å². The van der Waals surface area contributed by atoms with E-state index < -0.39 is 5.92 Å². The maximum absolute atomic E-state index is 13.4. The molecule has 0 unspecified atom stereocenters. The number of carbonyl (C=O) groups excluding carboxylic acids is 2. The summed E-state index contributed by atoms with van der Waals surface area (Å²) < 4.78 is 28.7. The van der Waals surface area contributed by atoms with Crippen molar-refractivity contribution < 1.29 is 18.4 Å². The van der Waals surface area contributed by atoms with Crippen molar-refractivity contribution in [3.8, 4) is 0 Å². The number of pyridine rings is 1. The Morgan fingerprint density at radius 3 is 2.63 bits per heavy atom. The van der Waals surface area contributed by atoms with Gasteiger partial charge in [-0.1, -0.05) is 6.08 Å². The Morgan fingerprint density at radius 2 is 1.97 bits per heavy atom. The Hall–Kier alpha value is -3.03. The monoisotopic (exact) mass is 414 g/mol. The fourth-order valence-corrected chi connectivity index (χ4v) is 3.88. The Kier molecular flexibility index (Phi) is 5.40. The summed E-state index contributed by atoms with van der Waals surface area (Å²) in [6, 6.07) is 3.64. The lowest BCUT2D eigenvalue weighted by Gasteiger charge is -2.31. The number of hydrogen-bond acceptors (Lipinski definition) is 3. The van der Waals surface area contributed by atoms with E-state index >= 15 is 0 Å². The SMILES string of the molecule is CCNC(=O)C1=CC=C(n2ccc3cc(C(=O)N4CCC(F)(F)CC4)cnc32)CC1. The number of halogens is 2. The standard InChI is InChI=1S/C22H24F2N4O2/c1-2-25-20(29)15-3-5-18(6-4-15)28-10-7-16-13-17(14-26-19(16)28)21(30)27-11-8-22(23,24)9-12-27/h3,5,7,10,13-14H,2,4,6,8-9,11-12H2,1H3,(H,25,29). The van der Waals surface area contributed by atoms with Crippen LogP contribution in [-0.4, -0.2) is 51.8 Å². The highest BCUT2D eigenvalue weighted by Crippen LogP contribution is 2.29. The molecule has 2 aromatic rings. The number of likely N-dealkylation sites (tertiary alicyclic amines) is 1. The van der Waals surface area contributed by atoms with E-state index in [1.807, 2.05) is 35.9 Å². The lowest BCUT2D eigenvalue weighted by atomic mass is 10.0. The van der Waals surface area contributed by atoms with Gasteiger partial charge in [-0.2, -0.15) is 0 Å². The molecule has 2 amide bonds. The molecule has 1 aliphatic carbocycles. The second-order valence-corrected chi connectivity index (χ2v) is 7.68. The molecule has 30 heavy (non-hydrogen) atoms. The summed E-state index contributed by atoms with van der Waals surface area (Å²) in [7, 11) is 0. The van der Waals surface area contributed by atoms with Crippen LogP contribution in [0.4, 0.5) is 8.78 Å². The van der Waals surface area contributed by atoms with E-state index in [0.717, 1.165) is 22.3 Å². The molecule has 158 valence electrons. The first kappa shape index (κ1) is 20.3. The van der Waals surface area contributed by atoms with Gasteiger partial charge in [0.05, 0.1) is 5.56 Å². The molecule has 0 aromatic carbocycles. The minimum atomic E-state index is -2.69. The summed E-state index contributed by atoms with van der Waals surface area (Å²) in [5.74, 6) is -2.99. The van der Waals surface area contributed by atoms with E-state index in [9.17, 15) is 18.4 Å². The molecule has 1 N–H and O–H groups in total. The van der Waals surface area contributed by atoms with Gasteiger partial charge in [-0.15, -0.1) is 0 Å². The number of carbonyl (C=O) groups is 2. The average Bonchev–Trinajstić information content (AvgIpc) is 3.17. The van der Waals surface area contributed by atoms with Crippen LogP contribution in [-0.2, 0) is 4.79 Å². The smallest absolute Gasteiger partial charge is 0.255 e. The molecule has 1 saturated heterocycles. The van der Waals surface area contributed by atoms with E-state index in [1.165, 1.54) is 11.1 Å². The molecule has 0 atom stereocenters. The van der Waals surface area contributed by atoms with Gasteiger partial charge in [-0.05, 0) is 38.0 Å². The highest BCUT2D eigenvalue weighted by Gasteiger charge is 2.35. The molecule has 0 radical (unpaired) electrons. The van der Waals surface area contributed by atoms with Crippen molar-refractivity contribution in [1.29, 1.82) is 0 Å². The minimum Gasteiger partial charge on any atom is -0.353 e. The fourth-order valence-electron chi connectivity index (χ4n) is 3.88. The fraction of sp³-hybridized carbons (Fsp3) is 0.409. The number of aromatic nitrogens is 2. The molecule has 3 heterocycles. The second kappa shape index (κ2) is 8.01. The van der Waals surface area contributed by atoms with Crippen molar-refractivity contribution in [1.82, 2.24) is 19.8 Å². The van der Waals surface area contributed by atoms with E-state index in [1.54, 1.807) is 6.07 Å². The van der Waals surface area contributed by atoms with Crippen LogP contribution in [0.25, 0.3) is 16.7 Å². The molecular formula is C22H24F2N4O2. The third-order valence-corrected chi connectivity index (χ3v) is 5.62. The van der Waals surface area contributed by atoms with Crippen LogP contribution in [0.2, 0.25) is 0 Å². The molecule has 0 spiro atoms. The lowest BCUT2D eigenvalue weighted by Crippen LogP contribution is -2.42. The van der Waals surface area contributed by atoms with Crippen molar-refractivity contribution in [3.05, 3.63) is 47.8 Å². The van der Waals surface area contributed by atoms with Crippen molar-refractivity contribution in [3.63, 3.8) is 0 Å². The Balaban J connectivity index is 1.53. The van der Waals surface area contributed by atoms with E-state index in [2.05, 4.69) is 10.3 Å². The first-order valence-electron chi connectivity index (χ1n) is 10.2. The molecule has 6 nitrogen and oxygen atoms in total. The predicted octanol–water partition coefficient (Wildman–Crippen LogP) is 3.60. The number of likely N-dealkylation sites (N-methyl/N-ethyl adjacent to an activating group) is 1. The number of nitrogens with zero attached hydrogens (tertiary/aromatic N) is 3. The number of allylic oxidation sites excluding steroid dienone is 3. The zero-order chi connectivity index (χ0) is 21.3. The number of fused-ring (bicyclic) bond motifs is 1. The maximum Gasteiger partial charge on any atom is 0.255 e. The van der Waals surface area contributed by atoms with Crippen molar-refractivity contribution in [2.75, 3.05) is 19.6 Å². The second-order valence-electron chi connectivity index (χ2n) is 7.68. The third-order valence-electron chi connectivity index (χ3n) is 5.62. The highest BCUT2D eigenvalue weighted by atomic mass is 19.3. The molecule has 1 aliphatic heterocycles. The Morgan fingerprint density at radius 1 is 1.20 bits per heavy atom. The summed E-state index contributed by atoms with van der Waals surface area (Å²) in [5.41, 5.74) is 2.90. The van der Waals surface area contributed by atoms with Gasteiger partial charge in [0.15, 0.2) is 0 Å². The van der Waals surface area contributed by atoms with Crippen molar-refractivity contribution in [2.24, 2.45) is 0 Å². The van der Waals surface area contributed by atoms with Gasteiger partial charge in [-0.25, -0.2) is 13.8 Å². The number of amides is 2. The van der Waals surface area contributed by atoms with Crippen LogP contribution in [0, 0.1) is 0 Å². The number of rotatable bonds is 4. The van der Waals surface area contributed by atoms with Gasteiger partial charge in [0.1, 0.15) is 5.65 Å².